The molecule has 1 aromatic heterocycles. The standard InChI is InChI=1S/C11H11N5O/c1-7-6-8(2-3-9(7)12)10(17)15-11-13-4-5-14-16-11/h2-6H,12H2,1H3,(H,13,15,16,17). The van der Waals surface area contributed by atoms with E-state index in [0.29, 0.717) is 11.3 Å². The second kappa shape index (κ2) is 4.56. The lowest BCUT2D eigenvalue weighted by molar-refractivity contribution is 0.102. The SMILES string of the molecule is Cc1cc(C(=O)Nc2nccnn2)ccc1N. The van der Waals surface area contributed by atoms with Gasteiger partial charge in [-0.3, -0.25) is 10.1 Å². The number of rotatable bonds is 2. The number of hydrogen-bond donors (Lipinski definition) is 2. The summed E-state index contributed by atoms with van der Waals surface area (Å²) in [5.41, 5.74) is 7.68. The summed E-state index contributed by atoms with van der Waals surface area (Å²) in [6, 6.07) is 5.05. The maximum absolute atomic E-state index is 11.8. The highest BCUT2D eigenvalue weighted by molar-refractivity contribution is 6.03. The third-order valence-electron chi connectivity index (χ3n) is 2.24. The van der Waals surface area contributed by atoms with Crippen LogP contribution in [-0.2, 0) is 0 Å². The van der Waals surface area contributed by atoms with Crippen LogP contribution in [0.25, 0.3) is 0 Å². The molecule has 0 unspecified atom stereocenters. The smallest absolute Gasteiger partial charge is 0.258 e. The van der Waals surface area contributed by atoms with E-state index in [1.54, 1.807) is 18.2 Å². The van der Waals surface area contributed by atoms with Crippen LogP contribution in [0.3, 0.4) is 0 Å². The number of carbonyl (C=O) groups excluding carboxylic acids is 1. The van der Waals surface area contributed by atoms with Crippen molar-refractivity contribution in [3.63, 3.8) is 0 Å². The van der Waals surface area contributed by atoms with Gasteiger partial charge in [-0.1, -0.05) is 0 Å². The van der Waals surface area contributed by atoms with E-state index in [4.69, 9.17) is 5.73 Å². The molecule has 0 saturated heterocycles. The number of amides is 1. The zero-order valence-corrected chi connectivity index (χ0v) is 9.21. The molecular weight excluding hydrogens is 218 g/mol. The zero-order chi connectivity index (χ0) is 12.3. The number of aromatic nitrogens is 3. The summed E-state index contributed by atoms with van der Waals surface area (Å²) in [6.45, 7) is 1.84. The maximum Gasteiger partial charge on any atom is 0.258 e. The highest BCUT2D eigenvalue weighted by atomic mass is 16.1. The first-order valence-corrected chi connectivity index (χ1v) is 4.98. The Kier molecular flexibility index (Phi) is 2.95. The lowest BCUT2D eigenvalue weighted by Crippen LogP contribution is -2.14. The van der Waals surface area contributed by atoms with E-state index < -0.39 is 0 Å². The molecule has 0 aliphatic carbocycles. The Morgan fingerprint density at radius 3 is 2.82 bits per heavy atom. The van der Waals surface area contributed by atoms with Crippen molar-refractivity contribution in [2.75, 3.05) is 11.1 Å². The summed E-state index contributed by atoms with van der Waals surface area (Å²) in [5.74, 6) is -0.118. The van der Waals surface area contributed by atoms with Gasteiger partial charge < -0.3 is 5.73 Å². The lowest BCUT2D eigenvalue weighted by atomic mass is 10.1. The number of benzene rings is 1. The average Bonchev–Trinajstić information content (AvgIpc) is 2.34. The van der Waals surface area contributed by atoms with Crippen molar-refractivity contribution in [2.24, 2.45) is 0 Å². The third-order valence-corrected chi connectivity index (χ3v) is 2.24. The van der Waals surface area contributed by atoms with Crippen molar-refractivity contribution in [2.45, 2.75) is 6.92 Å². The van der Waals surface area contributed by atoms with Gasteiger partial charge in [-0.05, 0) is 30.7 Å². The van der Waals surface area contributed by atoms with Crippen molar-refractivity contribution in [3.05, 3.63) is 41.7 Å². The molecule has 0 saturated carbocycles. The topological polar surface area (TPSA) is 93.8 Å². The highest BCUT2D eigenvalue weighted by Gasteiger charge is 2.08. The average molecular weight is 229 g/mol. The second-order valence-electron chi connectivity index (χ2n) is 3.49. The number of aryl methyl sites for hydroxylation is 1. The van der Waals surface area contributed by atoms with Crippen LogP contribution in [0.1, 0.15) is 15.9 Å². The van der Waals surface area contributed by atoms with E-state index in [0.717, 1.165) is 5.56 Å². The van der Waals surface area contributed by atoms with E-state index >= 15 is 0 Å². The van der Waals surface area contributed by atoms with Crippen molar-refractivity contribution >= 4 is 17.5 Å². The van der Waals surface area contributed by atoms with E-state index in [1.807, 2.05) is 6.92 Å². The number of hydrogen-bond acceptors (Lipinski definition) is 5. The van der Waals surface area contributed by atoms with Crippen LogP contribution in [0.15, 0.2) is 30.6 Å². The Bertz CT molecular complexity index is 541. The van der Waals surface area contributed by atoms with Crippen molar-refractivity contribution < 1.29 is 4.79 Å². The zero-order valence-electron chi connectivity index (χ0n) is 9.21. The molecule has 0 bridgehead atoms. The first-order valence-electron chi connectivity index (χ1n) is 4.98. The highest BCUT2D eigenvalue weighted by Crippen LogP contribution is 2.13. The Morgan fingerprint density at radius 2 is 2.18 bits per heavy atom. The normalized spacial score (nSPS) is 9.94. The number of nitrogens with two attached hydrogens (primary N) is 1. The molecule has 6 nitrogen and oxygen atoms in total. The Labute approximate surface area is 97.9 Å². The molecule has 1 amide bonds. The van der Waals surface area contributed by atoms with Gasteiger partial charge in [-0.15, -0.1) is 5.10 Å². The monoisotopic (exact) mass is 229 g/mol. The molecule has 1 heterocycles. The quantitative estimate of drug-likeness (QED) is 0.749. The van der Waals surface area contributed by atoms with E-state index in [9.17, 15) is 4.79 Å². The number of carbonyl (C=O) groups is 1. The van der Waals surface area contributed by atoms with Crippen LogP contribution in [0.2, 0.25) is 0 Å². The second-order valence-corrected chi connectivity index (χ2v) is 3.49. The predicted octanol–water partition coefficient (Wildman–Crippen LogP) is 1.01. The summed E-state index contributed by atoms with van der Waals surface area (Å²) < 4.78 is 0. The molecule has 1 aromatic carbocycles. The van der Waals surface area contributed by atoms with Crippen molar-refractivity contribution in [3.8, 4) is 0 Å². The molecule has 0 atom stereocenters. The molecule has 6 heteroatoms. The number of nitrogen functional groups attached to an aromatic ring is 1. The molecule has 86 valence electrons. The fourth-order valence-corrected chi connectivity index (χ4v) is 1.30. The molecule has 0 aliphatic rings. The lowest BCUT2D eigenvalue weighted by Gasteiger charge is -2.05. The molecular formula is C11H11N5O. The van der Waals surface area contributed by atoms with Gasteiger partial charge in [0.2, 0.25) is 5.95 Å². The van der Waals surface area contributed by atoms with Gasteiger partial charge in [0, 0.05) is 11.3 Å². The van der Waals surface area contributed by atoms with Crippen LogP contribution < -0.4 is 11.1 Å². The van der Waals surface area contributed by atoms with Crippen LogP contribution in [-0.4, -0.2) is 21.1 Å². The van der Waals surface area contributed by atoms with Gasteiger partial charge in [0.1, 0.15) is 0 Å². The van der Waals surface area contributed by atoms with Gasteiger partial charge in [0.05, 0.1) is 12.4 Å². The summed E-state index contributed by atoms with van der Waals surface area (Å²) in [4.78, 5) is 15.7. The Balaban J connectivity index is 2.18. The molecule has 2 aromatic rings. The van der Waals surface area contributed by atoms with Crippen molar-refractivity contribution in [1.29, 1.82) is 0 Å². The molecule has 0 aliphatic heterocycles. The minimum absolute atomic E-state index is 0.173. The van der Waals surface area contributed by atoms with Crippen LogP contribution in [0, 0.1) is 6.92 Å². The fourth-order valence-electron chi connectivity index (χ4n) is 1.30. The van der Waals surface area contributed by atoms with Gasteiger partial charge in [0.15, 0.2) is 0 Å². The summed E-state index contributed by atoms with van der Waals surface area (Å²) in [7, 11) is 0. The first kappa shape index (κ1) is 11.0. The van der Waals surface area contributed by atoms with Crippen molar-refractivity contribution in [1.82, 2.24) is 15.2 Å². The molecule has 0 spiro atoms. The molecule has 0 radical (unpaired) electrons. The summed E-state index contributed by atoms with van der Waals surface area (Å²) in [6.07, 6.45) is 2.89. The van der Waals surface area contributed by atoms with Gasteiger partial charge in [-0.2, -0.15) is 5.10 Å². The third kappa shape index (κ3) is 2.54. The van der Waals surface area contributed by atoms with E-state index in [-0.39, 0.29) is 11.9 Å². The molecule has 0 fully saturated rings. The van der Waals surface area contributed by atoms with Gasteiger partial charge >= 0.3 is 0 Å². The maximum atomic E-state index is 11.8. The predicted molar refractivity (Wildman–Crippen MR) is 63.4 cm³/mol. The Morgan fingerprint density at radius 1 is 1.35 bits per heavy atom. The molecule has 3 N–H and O–H groups in total. The number of nitrogens with zero attached hydrogens (tertiary/aromatic N) is 3. The minimum Gasteiger partial charge on any atom is -0.399 e. The largest absolute Gasteiger partial charge is 0.399 e. The molecule has 2 rings (SSSR count). The first-order chi connectivity index (χ1) is 8.16. The van der Waals surface area contributed by atoms with E-state index in [1.165, 1.54) is 12.4 Å². The van der Waals surface area contributed by atoms with Crippen LogP contribution in [0.4, 0.5) is 11.6 Å². The van der Waals surface area contributed by atoms with Crippen LogP contribution in [0.5, 0.6) is 0 Å². The van der Waals surface area contributed by atoms with Gasteiger partial charge in [-0.25, -0.2) is 4.98 Å². The number of anilines is 2. The fraction of sp³-hybridized carbons (Fsp3) is 0.0909. The van der Waals surface area contributed by atoms with Gasteiger partial charge in [0.25, 0.3) is 5.91 Å². The molecule has 17 heavy (non-hydrogen) atoms. The summed E-state index contributed by atoms with van der Waals surface area (Å²) in [5, 5.41) is 9.82. The summed E-state index contributed by atoms with van der Waals surface area (Å²) >= 11 is 0. The Hall–Kier alpha value is -2.50. The van der Waals surface area contributed by atoms with Crippen LogP contribution >= 0.6 is 0 Å². The number of nitrogens with one attached hydrogen (secondary N) is 1. The van der Waals surface area contributed by atoms with E-state index in [2.05, 4.69) is 20.5 Å². The minimum atomic E-state index is -0.291.